The minimum Gasteiger partial charge on any atom is -0.467 e. The van der Waals surface area contributed by atoms with Crippen molar-refractivity contribution >= 4 is 23.3 Å². The Morgan fingerprint density at radius 1 is 1.27 bits per heavy atom. The van der Waals surface area contributed by atoms with Crippen LogP contribution in [0, 0.1) is 0 Å². The minimum absolute atomic E-state index is 0.0702. The van der Waals surface area contributed by atoms with E-state index in [9.17, 15) is 4.79 Å². The number of fused-ring (bicyclic) bond motifs is 1. The van der Waals surface area contributed by atoms with E-state index in [4.69, 9.17) is 16.3 Å². The van der Waals surface area contributed by atoms with Gasteiger partial charge in [-0.1, -0.05) is 29.8 Å². The zero-order valence-corrected chi connectivity index (χ0v) is 14.8. The van der Waals surface area contributed by atoms with Crippen molar-refractivity contribution in [2.24, 2.45) is 0 Å². The molecule has 3 heterocycles. The van der Waals surface area contributed by atoms with Gasteiger partial charge in [-0.15, -0.1) is 0 Å². The zero-order valence-electron chi connectivity index (χ0n) is 14.0. The molecule has 0 bridgehead atoms. The smallest absolute Gasteiger partial charge is 0.316 e. The number of ether oxygens (including phenoxy) is 1. The maximum Gasteiger partial charge on any atom is 0.316 e. The Kier molecular flexibility index (Phi) is 4.30. The van der Waals surface area contributed by atoms with Crippen LogP contribution in [0.3, 0.4) is 0 Å². The van der Waals surface area contributed by atoms with Gasteiger partial charge in [0.25, 0.3) is 0 Å². The van der Waals surface area contributed by atoms with Crippen LogP contribution in [-0.4, -0.2) is 32.8 Å². The molecule has 0 aliphatic carbocycles. The van der Waals surface area contributed by atoms with Crippen LogP contribution in [0.4, 0.5) is 5.82 Å². The molecule has 1 aliphatic rings. The summed E-state index contributed by atoms with van der Waals surface area (Å²) in [5.74, 6) is 0.464. The van der Waals surface area contributed by atoms with Gasteiger partial charge in [0.1, 0.15) is 5.82 Å². The second-order valence-electron chi connectivity index (χ2n) is 6.01. The first-order chi connectivity index (χ1) is 12.7. The Labute approximate surface area is 155 Å². The zero-order chi connectivity index (χ0) is 18.1. The molecule has 1 aliphatic heterocycles. The maximum atomic E-state index is 12.3. The summed E-state index contributed by atoms with van der Waals surface area (Å²) in [6.45, 7) is 0.473. The molecule has 0 radical (unpaired) electrons. The van der Waals surface area contributed by atoms with Gasteiger partial charge in [0.05, 0.1) is 19.9 Å². The van der Waals surface area contributed by atoms with E-state index in [0.29, 0.717) is 29.8 Å². The molecule has 1 N–H and O–H groups in total. The summed E-state index contributed by atoms with van der Waals surface area (Å²) in [6.07, 6.45) is 5.47. The van der Waals surface area contributed by atoms with Gasteiger partial charge in [0, 0.05) is 35.3 Å². The van der Waals surface area contributed by atoms with Crippen LogP contribution in [0.25, 0.3) is 0 Å². The van der Waals surface area contributed by atoms with Gasteiger partial charge in [-0.3, -0.25) is 4.79 Å². The molecule has 2 aromatic heterocycles. The van der Waals surface area contributed by atoms with Crippen molar-refractivity contribution in [1.29, 1.82) is 0 Å². The monoisotopic (exact) mass is 369 g/mol. The molecule has 1 unspecified atom stereocenters. The van der Waals surface area contributed by atoms with Crippen LogP contribution in [0.15, 0.2) is 42.9 Å². The largest absolute Gasteiger partial charge is 0.467 e. The Morgan fingerprint density at radius 2 is 2.04 bits per heavy atom. The topological polar surface area (TPSA) is 81.9 Å². The highest BCUT2D eigenvalue weighted by atomic mass is 35.5. The third-order valence-electron chi connectivity index (χ3n) is 4.40. The molecular formula is C18H16ClN5O2. The van der Waals surface area contributed by atoms with Gasteiger partial charge in [0.15, 0.2) is 0 Å². The number of halogens is 1. The van der Waals surface area contributed by atoms with Gasteiger partial charge >= 0.3 is 6.01 Å². The first-order valence-corrected chi connectivity index (χ1v) is 8.48. The number of hydrogen-bond donors (Lipinski definition) is 1. The molecule has 4 rings (SSSR count). The predicted octanol–water partition coefficient (Wildman–Crippen LogP) is 2.86. The summed E-state index contributed by atoms with van der Waals surface area (Å²) in [5, 5.41) is 8.05. The molecule has 132 valence electrons. The normalized spacial score (nSPS) is 16.1. The van der Waals surface area contributed by atoms with Crippen molar-refractivity contribution in [3.8, 4) is 6.01 Å². The van der Waals surface area contributed by atoms with Crippen LogP contribution < -0.4 is 10.1 Å². The fraction of sp³-hybridized carbons (Fsp3) is 0.222. The molecule has 1 aromatic carbocycles. The summed E-state index contributed by atoms with van der Waals surface area (Å²) in [6, 6.07) is 7.88. The van der Waals surface area contributed by atoms with Crippen molar-refractivity contribution in [3.05, 3.63) is 64.6 Å². The first-order valence-electron chi connectivity index (χ1n) is 8.10. The second kappa shape index (κ2) is 6.76. The SMILES string of the molecule is COc1ncc(C2CC(=O)Nc3c2cnn3Cc2ccccc2Cl)cn1. The number of hydrogen-bond acceptors (Lipinski definition) is 5. The number of nitrogens with one attached hydrogen (secondary N) is 1. The number of amides is 1. The molecule has 26 heavy (non-hydrogen) atoms. The highest BCUT2D eigenvalue weighted by Gasteiger charge is 2.30. The highest BCUT2D eigenvalue weighted by molar-refractivity contribution is 6.31. The summed E-state index contributed by atoms with van der Waals surface area (Å²) in [5.41, 5.74) is 2.72. The van der Waals surface area contributed by atoms with E-state index in [-0.39, 0.29) is 11.8 Å². The van der Waals surface area contributed by atoms with Crippen molar-refractivity contribution in [2.45, 2.75) is 18.9 Å². The fourth-order valence-corrected chi connectivity index (χ4v) is 3.28. The lowest BCUT2D eigenvalue weighted by Gasteiger charge is -2.23. The highest BCUT2D eigenvalue weighted by Crippen LogP contribution is 2.37. The third-order valence-corrected chi connectivity index (χ3v) is 4.77. The Morgan fingerprint density at radius 3 is 2.77 bits per heavy atom. The second-order valence-corrected chi connectivity index (χ2v) is 6.41. The molecule has 0 saturated heterocycles. The van der Waals surface area contributed by atoms with Crippen LogP contribution in [-0.2, 0) is 11.3 Å². The standard InChI is InChI=1S/C18H16ClN5O2/c1-26-18-20-7-12(8-21-18)13-6-16(25)23-17-14(13)9-22-24(17)10-11-4-2-3-5-15(11)19/h2-5,7-9,13H,6,10H2,1H3,(H,23,25). The molecule has 1 amide bonds. The summed E-state index contributed by atoms with van der Waals surface area (Å²) < 4.78 is 6.75. The number of carbonyl (C=O) groups is 1. The average Bonchev–Trinajstić information content (AvgIpc) is 3.05. The van der Waals surface area contributed by atoms with E-state index < -0.39 is 0 Å². The molecule has 8 heteroatoms. The van der Waals surface area contributed by atoms with Crippen LogP contribution in [0.2, 0.25) is 5.02 Å². The van der Waals surface area contributed by atoms with Gasteiger partial charge in [-0.05, 0) is 17.2 Å². The van der Waals surface area contributed by atoms with Crippen molar-refractivity contribution < 1.29 is 9.53 Å². The van der Waals surface area contributed by atoms with Gasteiger partial charge < -0.3 is 10.1 Å². The van der Waals surface area contributed by atoms with Crippen molar-refractivity contribution in [2.75, 3.05) is 12.4 Å². The number of nitrogens with zero attached hydrogens (tertiary/aromatic N) is 4. The van der Waals surface area contributed by atoms with Crippen LogP contribution >= 0.6 is 11.6 Å². The minimum atomic E-state index is -0.148. The van der Waals surface area contributed by atoms with Gasteiger partial charge in [0.2, 0.25) is 5.91 Å². The number of methoxy groups -OCH3 is 1. The average molecular weight is 370 g/mol. The third kappa shape index (κ3) is 3.01. The number of rotatable bonds is 4. The van der Waals surface area contributed by atoms with Gasteiger partial charge in [-0.25, -0.2) is 14.6 Å². The molecule has 1 atom stereocenters. The Hall–Kier alpha value is -2.93. The van der Waals surface area contributed by atoms with Gasteiger partial charge in [-0.2, -0.15) is 5.10 Å². The molecule has 7 nitrogen and oxygen atoms in total. The number of aromatic nitrogens is 4. The molecule has 0 fully saturated rings. The lowest BCUT2D eigenvalue weighted by atomic mass is 9.89. The molecule has 3 aromatic rings. The quantitative estimate of drug-likeness (QED) is 0.764. The Balaban J connectivity index is 1.69. The first kappa shape index (κ1) is 16.5. The maximum absolute atomic E-state index is 12.3. The summed E-state index contributed by atoms with van der Waals surface area (Å²) in [4.78, 5) is 20.6. The van der Waals surface area contributed by atoms with E-state index in [1.807, 2.05) is 24.3 Å². The lowest BCUT2D eigenvalue weighted by Crippen LogP contribution is -2.25. The molecular weight excluding hydrogens is 354 g/mol. The summed E-state index contributed by atoms with van der Waals surface area (Å²) in [7, 11) is 1.51. The number of benzene rings is 1. The predicted molar refractivity (Wildman–Crippen MR) is 96.5 cm³/mol. The van der Waals surface area contributed by atoms with E-state index in [0.717, 1.165) is 16.7 Å². The van der Waals surface area contributed by atoms with E-state index in [1.54, 1.807) is 23.3 Å². The van der Waals surface area contributed by atoms with Crippen molar-refractivity contribution in [3.63, 3.8) is 0 Å². The van der Waals surface area contributed by atoms with E-state index in [1.165, 1.54) is 7.11 Å². The Bertz CT molecular complexity index is 954. The molecule has 0 saturated carbocycles. The van der Waals surface area contributed by atoms with Crippen molar-refractivity contribution in [1.82, 2.24) is 19.7 Å². The van der Waals surface area contributed by atoms with E-state index in [2.05, 4.69) is 20.4 Å². The molecule has 0 spiro atoms. The van der Waals surface area contributed by atoms with Crippen LogP contribution in [0.1, 0.15) is 29.0 Å². The fourth-order valence-electron chi connectivity index (χ4n) is 3.09. The number of carbonyl (C=O) groups excluding carboxylic acids is 1. The van der Waals surface area contributed by atoms with E-state index >= 15 is 0 Å². The van der Waals surface area contributed by atoms with Crippen LogP contribution in [0.5, 0.6) is 6.01 Å². The summed E-state index contributed by atoms with van der Waals surface area (Å²) >= 11 is 6.25. The number of anilines is 1. The lowest BCUT2D eigenvalue weighted by molar-refractivity contribution is -0.116.